The maximum Gasteiger partial charge on any atom is 0.243 e. The van der Waals surface area contributed by atoms with E-state index in [1.54, 1.807) is 4.90 Å². The molecule has 3 aromatic carbocycles. The third-order valence-corrected chi connectivity index (χ3v) is 6.92. The standard InChI is InChI=1S/C30H33ClN2O2/c31-26-15-9-14-25(20-26)22-33(29(34)19-18-23-10-3-1-4-11-23)28(21-24-12-5-2-6-13-24)30(35)32-27-16-7-8-17-27/h1-6,9-15,20,27-28H,7-8,16-19,21-22H2,(H,32,35)/t28-/m0/s1. The topological polar surface area (TPSA) is 49.4 Å². The summed E-state index contributed by atoms with van der Waals surface area (Å²) in [5, 5.41) is 3.87. The second-order valence-corrected chi connectivity index (χ2v) is 9.77. The molecule has 4 rings (SSSR count). The molecule has 0 spiro atoms. The molecule has 1 fully saturated rings. The molecule has 0 radical (unpaired) electrons. The monoisotopic (exact) mass is 488 g/mol. The van der Waals surface area contributed by atoms with Gasteiger partial charge in [0.15, 0.2) is 0 Å². The lowest BCUT2D eigenvalue weighted by Gasteiger charge is -2.32. The summed E-state index contributed by atoms with van der Waals surface area (Å²) in [7, 11) is 0. The molecule has 2 amide bonds. The predicted octanol–water partition coefficient (Wildman–Crippen LogP) is 5.97. The number of nitrogens with zero attached hydrogens (tertiary/aromatic N) is 1. The maximum atomic E-state index is 13.7. The Bertz CT molecular complexity index is 1100. The molecule has 1 saturated carbocycles. The first-order chi connectivity index (χ1) is 17.1. The van der Waals surface area contributed by atoms with Gasteiger partial charge in [0, 0.05) is 30.5 Å². The van der Waals surface area contributed by atoms with Crippen LogP contribution >= 0.6 is 11.6 Å². The molecule has 1 aliphatic carbocycles. The molecule has 1 N–H and O–H groups in total. The Morgan fingerprint density at radius 3 is 2.14 bits per heavy atom. The predicted molar refractivity (Wildman–Crippen MR) is 141 cm³/mol. The Balaban J connectivity index is 1.61. The van der Waals surface area contributed by atoms with Crippen LogP contribution in [0.3, 0.4) is 0 Å². The van der Waals surface area contributed by atoms with Crippen molar-refractivity contribution in [2.24, 2.45) is 0 Å². The maximum absolute atomic E-state index is 13.7. The van der Waals surface area contributed by atoms with Crippen LogP contribution in [0, 0.1) is 0 Å². The van der Waals surface area contributed by atoms with E-state index < -0.39 is 6.04 Å². The van der Waals surface area contributed by atoms with Gasteiger partial charge in [0.25, 0.3) is 0 Å². The van der Waals surface area contributed by atoms with Crippen molar-refractivity contribution in [2.45, 2.75) is 63.6 Å². The lowest BCUT2D eigenvalue weighted by molar-refractivity contribution is -0.141. The molecule has 0 heterocycles. The third kappa shape index (κ3) is 7.43. The first-order valence-corrected chi connectivity index (χ1v) is 12.9. The van der Waals surface area contributed by atoms with Gasteiger partial charge >= 0.3 is 0 Å². The highest BCUT2D eigenvalue weighted by molar-refractivity contribution is 6.30. The molecule has 0 unspecified atom stereocenters. The highest BCUT2D eigenvalue weighted by atomic mass is 35.5. The largest absolute Gasteiger partial charge is 0.352 e. The first kappa shape index (κ1) is 25.0. The fourth-order valence-electron chi connectivity index (χ4n) is 4.79. The second kappa shape index (κ2) is 12.6. The second-order valence-electron chi connectivity index (χ2n) is 9.33. The SMILES string of the molecule is O=C(NC1CCCC1)[C@H](Cc1ccccc1)N(Cc1cccc(Cl)c1)C(=O)CCc1ccccc1. The number of hydrogen-bond acceptors (Lipinski definition) is 2. The summed E-state index contributed by atoms with van der Waals surface area (Å²) in [6, 6.07) is 27.1. The molecule has 182 valence electrons. The Kier molecular flexibility index (Phi) is 8.96. The highest BCUT2D eigenvalue weighted by Crippen LogP contribution is 2.21. The Morgan fingerprint density at radius 2 is 1.49 bits per heavy atom. The van der Waals surface area contributed by atoms with Gasteiger partial charge in [-0.2, -0.15) is 0 Å². The number of halogens is 1. The number of hydrogen-bond donors (Lipinski definition) is 1. The first-order valence-electron chi connectivity index (χ1n) is 12.5. The number of benzene rings is 3. The molecule has 0 aliphatic heterocycles. The van der Waals surface area contributed by atoms with E-state index in [-0.39, 0.29) is 17.9 Å². The van der Waals surface area contributed by atoms with E-state index in [0.717, 1.165) is 42.4 Å². The van der Waals surface area contributed by atoms with Crippen molar-refractivity contribution in [3.05, 3.63) is 107 Å². The lowest BCUT2D eigenvalue weighted by Crippen LogP contribution is -2.52. The summed E-state index contributed by atoms with van der Waals surface area (Å²) < 4.78 is 0. The minimum absolute atomic E-state index is 0.0312. The average molecular weight is 489 g/mol. The number of carbonyl (C=O) groups excluding carboxylic acids is 2. The number of amides is 2. The Labute approximate surface area is 213 Å². The van der Waals surface area contributed by atoms with Gasteiger partial charge in [-0.05, 0) is 48.1 Å². The normalized spacial score (nSPS) is 14.4. The van der Waals surface area contributed by atoms with Gasteiger partial charge < -0.3 is 10.2 Å². The molecule has 0 aromatic heterocycles. The van der Waals surface area contributed by atoms with Crippen LogP contribution in [0.2, 0.25) is 5.02 Å². The van der Waals surface area contributed by atoms with Gasteiger partial charge in [-0.15, -0.1) is 0 Å². The van der Waals surface area contributed by atoms with Crippen molar-refractivity contribution < 1.29 is 9.59 Å². The van der Waals surface area contributed by atoms with Gasteiger partial charge in [-0.1, -0.05) is 97.2 Å². The number of aryl methyl sites for hydroxylation is 1. The summed E-state index contributed by atoms with van der Waals surface area (Å²) >= 11 is 6.25. The molecule has 5 heteroatoms. The quantitative estimate of drug-likeness (QED) is 0.382. The van der Waals surface area contributed by atoms with Crippen LogP contribution in [0.25, 0.3) is 0 Å². The van der Waals surface area contributed by atoms with Crippen LogP contribution in [0.4, 0.5) is 0 Å². The van der Waals surface area contributed by atoms with E-state index in [4.69, 9.17) is 11.6 Å². The fraction of sp³-hybridized carbons (Fsp3) is 0.333. The van der Waals surface area contributed by atoms with Crippen molar-refractivity contribution in [2.75, 3.05) is 0 Å². The zero-order valence-electron chi connectivity index (χ0n) is 20.0. The molecule has 1 aliphatic rings. The van der Waals surface area contributed by atoms with Gasteiger partial charge in [-0.3, -0.25) is 9.59 Å². The van der Waals surface area contributed by atoms with E-state index in [1.807, 2.05) is 84.9 Å². The minimum Gasteiger partial charge on any atom is -0.352 e. The van der Waals surface area contributed by atoms with Gasteiger partial charge in [0.2, 0.25) is 11.8 Å². The van der Waals surface area contributed by atoms with E-state index in [9.17, 15) is 9.59 Å². The number of carbonyl (C=O) groups is 2. The number of nitrogens with one attached hydrogen (secondary N) is 1. The lowest BCUT2D eigenvalue weighted by atomic mass is 10.0. The van der Waals surface area contributed by atoms with Crippen molar-refractivity contribution >= 4 is 23.4 Å². The summed E-state index contributed by atoms with van der Waals surface area (Å²) in [4.78, 5) is 29.1. The summed E-state index contributed by atoms with van der Waals surface area (Å²) in [6.07, 6.45) is 5.71. The summed E-state index contributed by atoms with van der Waals surface area (Å²) in [5.41, 5.74) is 3.06. The van der Waals surface area contributed by atoms with Crippen molar-refractivity contribution in [3.8, 4) is 0 Å². The Hall–Kier alpha value is -3.11. The van der Waals surface area contributed by atoms with E-state index >= 15 is 0 Å². The number of rotatable bonds is 10. The summed E-state index contributed by atoms with van der Waals surface area (Å²) in [5.74, 6) is -0.104. The van der Waals surface area contributed by atoms with Gasteiger partial charge in [0.05, 0.1) is 0 Å². The molecule has 0 bridgehead atoms. The van der Waals surface area contributed by atoms with Crippen molar-refractivity contribution in [1.29, 1.82) is 0 Å². The van der Waals surface area contributed by atoms with Crippen LogP contribution in [0.15, 0.2) is 84.9 Å². The zero-order chi connectivity index (χ0) is 24.5. The fourth-order valence-corrected chi connectivity index (χ4v) is 5.01. The smallest absolute Gasteiger partial charge is 0.243 e. The van der Waals surface area contributed by atoms with Crippen LogP contribution in [0.5, 0.6) is 0 Å². The molecule has 3 aromatic rings. The van der Waals surface area contributed by atoms with Crippen molar-refractivity contribution in [3.63, 3.8) is 0 Å². The van der Waals surface area contributed by atoms with Gasteiger partial charge in [0.1, 0.15) is 6.04 Å². The van der Waals surface area contributed by atoms with Crippen LogP contribution < -0.4 is 5.32 Å². The molecule has 0 saturated heterocycles. The van der Waals surface area contributed by atoms with Crippen LogP contribution in [-0.4, -0.2) is 28.8 Å². The molecular formula is C30H33ClN2O2. The summed E-state index contributed by atoms with van der Waals surface area (Å²) in [6.45, 7) is 0.337. The molecular weight excluding hydrogens is 456 g/mol. The highest BCUT2D eigenvalue weighted by Gasteiger charge is 2.32. The zero-order valence-corrected chi connectivity index (χ0v) is 20.8. The average Bonchev–Trinajstić information content (AvgIpc) is 3.39. The van der Waals surface area contributed by atoms with E-state index in [0.29, 0.717) is 30.8 Å². The Morgan fingerprint density at radius 1 is 0.857 bits per heavy atom. The van der Waals surface area contributed by atoms with E-state index in [2.05, 4.69) is 5.32 Å². The van der Waals surface area contributed by atoms with Crippen molar-refractivity contribution in [1.82, 2.24) is 10.2 Å². The van der Waals surface area contributed by atoms with Crippen LogP contribution in [-0.2, 0) is 29.0 Å². The van der Waals surface area contributed by atoms with E-state index in [1.165, 1.54) is 0 Å². The molecule has 4 nitrogen and oxygen atoms in total. The van der Waals surface area contributed by atoms with Gasteiger partial charge in [-0.25, -0.2) is 0 Å². The molecule has 1 atom stereocenters. The minimum atomic E-state index is -0.597. The third-order valence-electron chi connectivity index (χ3n) is 6.68. The molecule has 35 heavy (non-hydrogen) atoms. The van der Waals surface area contributed by atoms with Crippen LogP contribution in [0.1, 0.15) is 48.8 Å².